The number of anilines is 1. The van der Waals surface area contributed by atoms with E-state index in [-0.39, 0.29) is 12.5 Å². The second kappa shape index (κ2) is 6.80. The van der Waals surface area contributed by atoms with E-state index >= 15 is 0 Å². The predicted molar refractivity (Wildman–Crippen MR) is 66.5 cm³/mol. The van der Waals surface area contributed by atoms with E-state index in [1.54, 1.807) is 19.4 Å². The fourth-order valence-electron chi connectivity index (χ4n) is 1.39. The summed E-state index contributed by atoms with van der Waals surface area (Å²) < 4.78 is 0. The molecule has 0 radical (unpaired) electrons. The van der Waals surface area contributed by atoms with Gasteiger partial charge in [-0.3, -0.25) is 4.79 Å². The van der Waals surface area contributed by atoms with Crippen LogP contribution in [0, 0.1) is 0 Å². The summed E-state index contributed by atoms with van der Waals surface area (Å²) in [5.41, 5.74) is 6.36. The van der Waals surface area contributed by atoms with Crippen molar-refractivity contribution in [2.24, 2.45) is 5.73 Å². The first kappa shape index (κ1) is 13.4. The van der Waals surface area contributed by atoms with E-state index in [4.69, 9.17) is 5.73 Å². The van der Waals surface area contributed by atoms with Crippen LogP contribution in [0.1, 0.15) is 18.9 Å². The molecule has 17 heavy (non-hydrogen) atoms. The summed E-state index contributed by atoms with van der Waals surface area (Å²) in [5, 5.41) is 2.59. The molecule has 0 aliphatic rings. The maximum atomic E-state index is 11.4. The highest BCUT2D eigenvalue weighted by Crippen LogP contribution is 2.07. The molecule has 1 aromatic heterocycles. The Hall–Kier alpha value is -1.69. The quantitative estimate of drug-likeness (QED) is 0.721. The zero-order chi connectivity index (χ0) is 12.7. The van der Waals surface area contributed by atoms with Gasteiger partial charge in [0, 0.05) is 38.1 Å². The minimum absolute atomic E-state index is 0.0510. The minimum atomic E-state index is -0.0510. The van der Waals surface area contributed by atoms with E-state index in [1.807, 2.05) is 11.8 Å². The maximum Gasteiger partial charge on any atom is 0.239 e. The Morgan fingerprint density at radius 1 is 1.47 bits per heavy atom. The number of likely N-dealkylation sites (N-methyl/N-ethyl adjacent to an activating group) is 1. The number of nitrogens with one attached hydrogen (secondary N) is 1. The third kappa shape index (κ3) is 3.99. The Kier molecular flexibility index (Phi) is 5.35. The van der Waals surface area contributed by atoms with E-state index in [0.29, 0.717) is 12.5 Å². The van der Waals surface area contributed by atoms with Gasteiger partial charge >= 0.3 is 0 Å². The molecule has 1 rings (SSSR count). The normalized spacial score (nSPS) is 10.1. The molecule has 0 aliphatic carbocycles. The van der Waals surface area contributed by atoms with Gasteiger partial charge in [-0.25, -0.2) is 9.97 Å². The molecular weight excluding hydrogens is 218 g/mol. The summed E-state index contributed by atoms with van der Waals surface area (Å²) >= 11 is 0. The molecule has 0 spiro atoms. The third-order valence-electron chi connectivity index (χ3n) is 2.32. The lowest BCUT2D eigenvalue weighted by molar-refractivity contribution is -0.119. The van der Waals surface area contributed by atoms with Crippen LogP contribution in [-0.2, 0) is 11.3 Å². The van der Waals surface area contributed by atoms with E-state index < -0.39 is 0 Å². The van der Waals surface area contributed by atoms with Gasteiger partial charge in [-0.05, 0) is 6.42 Å². The van der Waals surface area contributed by atoms with Crippen molar-refractivity contribution in [3.05, 3.63) is 18.0 Å². The van der Waals surface area contributed by atoms with Crippen molar-refractivity contribution >= 4 is 11.9 Å². The molecule has 1 amide bonds. The van der Waals surface area contributed by atoms with Crippen LogP contribution >= 0.6 is 0 Å². The summed E-state index contributed by atoms with van der Waals surface area (Å²) in [7, 11) is 1.62. The van der Waals surface area contributed by atoms with Crippen molar-refractivity contribution in [3.63, 3.8) is 0 Å². The highest BCUT2D eigenvalue weighted by molar-refractivity contribution is 5.80. The topological polar surface area (TPSA) is 84.1 Å². The number of amides is 1. The molecular formula is C11H19N5O. The summed E-state index contributed by atoms with van der Waals surface area (Å²) in [6.45, 7) is 3.48. The molecule has 94 valence electrons. The van der Waals surface area contributed by atoms with Crippen LogP contribution in [0.4, 0.5) is 5.95 Å². The van der Waals surface area contributed by atoms with Gasteiger partial charge in [-0.15, -0.1) is 0 Å². The molecule has 1 aromatic rings. The lowest BCUT2D eigenvalue weighted by Crippen LogP contribution is -2.37. The summed E-state index contributed by atoms with van der Waals surface area (Å²) in [4.78, 5) is 21.6. The molecule has 0 fully saturated rings. The third-order valence-corrected chi connectivity index (χ3v) is 2.32. The van der Waals surface area contributed by atoms with Gasteiger partial charge in [-0.2, -0.15) is 0 Å². The highest BCUT2D eigenvalue weighted by atomic mass is 16.1. The van der Waals surface area contributed by atoms with Crippen molar-refractivity contribution in [1.29, 1.82) is 0 Å². The molecule has 0 unspecified atom stereocenters. The summed E-state index contributed by atoms with van der Waals surface area (Å²) in [5.74, 6) is 0.512. The second-order valence-corrected chi connectivity index (χ2v) is 3.69. The standard InChI is InChI=1S/C11H19N5O/c1-3-4-16(8-10(17)13-2)11-14-6-9(5-12)7-15-11/h6-7H,3-5,8,12H2,1-2H3,(H,13,17). The predicted octanol–water partition coefficient (Wildman–Crippen LogP) is -0.102. The van der Waals surface area contributed by atoms with Crippen LogP contribution in [0.25, 0.3) is 0 Å². The molecule has 0 aromatic carbocycles. The van der Waals surface area contributed by atoms with Crippen LogP contribution in [0.2, 0.25) is 0 Å². The number of carbonyl (C=O) groups excluding carboxylic acids is 1. The van der Waals surface area contributed by atoms with Crippen molar-refractivity contribution in [3.8, 4) is 0 Å². The first-order valence-corrected chi connectivity index (χ1v) is 5.67. The number of nitrogens with zero attached hydrogens (tertiary/aromatic N) is 3. The number of rotatable bonds is 6. The van der Waals surface area contributed by atoms with Gasteiger partial charge in [0.1, 0.15) is 0 Å². The van der Waals surface area contributed by atoms with Crippen molar-refractivity contribution in [1.82, 2.24) is 15.3 Å². The Balaban J connectivity index is 2.77. The van der Waals surface area contributed by atoms with E-state index in [2.05, 4.69) is 15.3 Å². The zero-order valence-electron chi connectivity index (χ0n) is 10.3. The number of hydrogen-bond donors (Lipinski definition) is 2. The van der Waals surface area contributed by atoms with Crippen molar-refractivity contribution in [2.45, 2.75) is 19.9 Å². The molecule has 0 saturated carbocycles. The fourth-order valence-corrected chi connectivity index (χ4v) is 1.39. The van der Waals surface area contributed by atoms with E-state index in [9.17, 15) is 4.79 Å². The zero-order valence-corrected chi connectivity index (χ0v) is 10.3. The first-order valence-electron chi connectivity index (χ1n) is 5.67. The lowest BCUT2D eigenvalue weighted by Gasteiger charge is -2.20. The highest BCUT2D eigenvalue weighted by Gasteiger charge is 2.11. The Morgan fingerprint density at radius 3 is 2.59 bits per heavy atom. The van der Waals surface area contributed by atoms with Gasteiger partial charge in [-0.1, -0.05) is 6.92 Å². The smallest absolute Gasteiger partial charge is 0.239 e. The van der Waals surface area contributed by atoms with Crippen LogP contribution in [-0.4, -0.2) is 36.0 Å². The Labute approximate surface area is 101 Å². The molecule has 6 heteroatoms. The van der Waals surface area contributed by atoms with Gasteiger partial charge in [0.05, 0.1) is 6.54 Å². The molecule has 1 heterocycles. The Bertz CT molecular complexity index is 351. The molecule has 0 atom stereocenters. The molecule has 0 saturated heterocycles. The largest absolute Gasteiger partial charge is 0.358 e. The molecule has 0 aliphatic heterocycles. The molecule has 0 bridgehead atoms. The first-order chi connectivity index (χ1) is 8.21. The van der Waals surface area contributed by atoms with E-state index in [1.165, 1.54) is 0 Å². The minimum Gasteiger partial charge on any atom is -0.358 e. The average Bonchev–Trinajstić information content (AvgIpc) is 2.38. The van der Waals surface area contributed by atoms with Gasteiger partial charge in [0.2, 0.25) is 11.9 Å². The van der Waals surface area contributed by atoms with Crippen LogP contribution in [0.3, 0.4) is 0 Å². The number of hydrogen-bond acceptors (Lipinski definition) is 5. The number of aromatic nitrogens is 2. The Morgan fingerprint density at radius 2 is 2.12 bits per heavy atom. The summed E-state index contributed by atoms with van der Waals surface area (Å²) in [6, 6.07) is 0. The maximum absolute atomic E-state index is 11.4. The summed E-state index contributed by atoms with van der Waals surface area (Å²) in [6.07, 6.45) is 4.31. The van der Waals surface area contributed by atoms with Gasteiger partial charge < -0.3 is 16.0 Å². The SMILES string of the molecule is CCCN(CC(=O)NC)c1ncc(CN)cn1. The van der Waals surface area contributed by atoms with Crippen molar-refractivity contribution in [2.75, 3.05) is 25.0 Å². The van der Waals surface area contributed by atoms with Crippen molar-refractivity contribution < 1.29 is 4.79 Å². The lowest BCUT2D eigenvalue weighted by atomic mass is 10.3. The van der Waals surface area contributed by atoms with Crippen LogP contribution < -0.4 is 16.0 Å². The van der Waals surface area contributed by atoms with Gasteiger partial charge in [0.25, 0.3) is 0 Å². The number of nitrogens with two attached hydrogens (primary N) is 1. The monoisotopic (exact) mass is 237 g/mol. The van der Waals surface area contributed by atoms with Crippen LogP contribution in [0.5, 0.6) is 0 Å². The molecule has 6 nitrogen and oxygen atoms in total. The van der Waals surface area contributed by atoms with Crippen LogP contribution in [0.15, 0.2) is 12.4 Å². The van der Waals surface area contributed by atoms with E-state index in [0.717, 1.165) is 18.5 Å². The fraction of sp³-hybridized carbons (Fsp3) is 0.545. The second-order valence-electron chi connectivity index (χ2n) is 3.69. The average molecular weight is 237 g/mol. The molecule has 3 N–H and O–H groups in total. The number of carbonyl (C=O) groups is 1. The van der Waals surface area contributed by atoms with Gasteiger partial charge in [0.15, 0.2) is 0 Å².